The van der Waals surface area contributed by atoms with E-state index >= 15 is 0 Å². The zero-order chi connectivity index (χ0) is 19.6. The summed E-state index contributed by atoms with van der Waals surface area (Å²) < 4.78 is 40.1. The van der Waals surface area contributed by atoms with E-state index in [2.05, 4.69) is 5.32 Å². The molecule has 1 fully saturated rings. The van der Waals surface area contributed by atoms with Crippen molar-refractivity contribution >= 4 is 27.1 Å². The highest BCUT2D eigenvalue weighted by atomic mass is 32.2. The summed E-state index contributed by atoms with van der Waals surface area (Å²) in [6.07, 6.45) is 0. The summed E-state index contributed by atoms with van der Waals surface area (Å²) in [5.41, 5.74) is 0.192. The molecule has 8 nitrogen and oxygen atoms in total. The van der Waals surface area contributed by atoms with Crippen LogP contribution in [0.5, 0.6) is 0 Å². The van der Waals surface area contributed by atoms with Gasteiger partial charge in [0.2, 0.25) is 10.0 Å². The van der Waals surface area contributed by atoms with Gasteiger partial charge in [-0.15, -0.1) is 0 Å². The predicted octanol–water partition coefficient (Wildman–Crippen LogP) is 0.996. The topological polar surface area (TPSA) is 97.0 Å². The Labute approximate surface area is 156 Å². The quantitative estimate of drug-likeness (QED) is 0.582. The minimum absolute atomic E-state index is 0.124. The molecular weight excluding hydrogens is 375 g/mol. The van der Waals surface area contributed by atoms with Gasteiger partial charge in [-0.05, 0) is 36.4 Å². The third-order valence-corrected chi connectivity index (χ3v) is 6.42. The SMILES string of the molecule is C[NH+]1CCN(S(=O)(=O)c2ccc(Nc3ccc(F)cc3[N+](=O)[O-])cc2)CC1. The smallest absolute Gasteiger partial charge is 0.295 e. The van der Waals surface area contributed by atoms with Crippen molar-refractivity contribution in [3.63, 3.8) is 0 Å². The van der Waals surface area contributed by atoms with Crippen molar-refractivity contribution in [3.8, 4) is 0 Å². The minimum atomic E-state index is -3.57. The Morgan fingerprint density at radius 2 is 1.78 bits per heavy atom. The fraction of sp³-hybridized carbons (Fsp3) is 0.294. The number of nitrogens with zero attached hydrogens (tertiary/aromatic N) is 2. The summed E-state index contributed by atoms with van der Waals surface area (Å²) in [6.45, 7) is 2.45. The average Bonchev–Trinajstić information content (AvgIpc) is 2.64. The van der Waals surface area contributed by atoms with Crippen LogP contribution in [0.25, 0.3) is 0 Å². The Hall–Kier alpha value is -2.56. The Kier molecular flexibility index (Phi) is 5.40. The number of benzene rings is 2. The second-order valence-corrected chi connectivity index (χ2v) is 8.37. The van der Waals surface area contributed by atoms with Gasteiger partial charge in [0.05, 0.1) is 49.1 Å². The largest absolute Gasteiger partial charge is 0.350 e. The Bertz CT molecular complexity index is 942. The zero-order valence-corrected chi connectivity index (χ0v) is 15.5. The predicted molar refractivity (Wildman–Crippen MR) is 98.2 cm³/mol. The number of rotatable bonds is 5. The monoisotopic (exact) mass is 395 g/mol. The van der Waals surface area contributed by atoms with Crippen LogP contribution in [0.2, 0.25) is 0 Å². The fourth-order valence-corrected chi connectivity index (χ4v) is 4.33. The molecule has 1 aliphatic rings. The molecule has 27 heavy (non-hydrogen) atoms. The van der Waals surface area contributed by atoms with Gasteiger partial charge >= 0.3 is 0 Å². The van der Waals surface area contributed by atoms with E-state index in [1.807, 2.05) is 7.05 Å². The van der Waals surface area contributed by atoms with Crippen LogP contribution in [-0.4, -0.2) is 50.9 Å². The third-order valence-electron chi connectivity index (χ3n) is 4.50. The molecule has 10 heteroatoms. The maximum Gasteiger partial charge on any atom is 0.295 e. The molecule has 0 aliphatic carbocycles. The van der Waals surface area contributed by atoms with Crippen LogP contribution in [0.1, 0.15) is 0 Å². The normalized spacial score (nSPS) is 16.2. The number of piperazine rings is 1. The molecule has 0 radical (unpaired) electrons. The van der Waals surface area contributed by atoms with Crippen molar-refractivity contribution in [2.45, 2.75) is 4.90 Å². The lowest BCUT2D eigenvalue weighted by Gasteiger charge is -2.29. The molecule has 0 saturated carbocycles. The maximum absolute atomic E-state index is 13.2. The van der Waals surface area contributed by atoms with E-state index in [1.165, 1.54) is 39.5 Å². The van der Waals surface area contributed by atoms with Gasteiger partial charge in [-0.3, -0.25) is 10.1 Å². The summed E-state index contributed by atoms with van der Waals surface area (Å²) in [5.74, 6) is -0.706. The summed E-state index contributed by atoms with van der Waals surface area (Å²) in [4.78, 5) is 11.8. The number of likely N-dealkylation sites (N-methyl/N-ethyl adjacent to an activating group) is 1. The first-order valence-corrected chi connectivity index (χ1v) is 9.84. The number of hydrogen-bond acceptors (Lipinski definition) is 5. The first kappa shape index (κ1) is 19.2. The highest BCUT2D eigenvalue weighted by Crippen LogP contribution is 2.29. The highest BCUT2D eigenvalue weighted by molar-refractivity contribution is 7.89. The molecule has 0 aromatic heterocycles. The van der Waals surface area contributed by atoms with Crippen LogP contribution >= 0.6 is 0 Å². The summed E-state index contributed by atoms with van der Waals surface area (Å²) in [5, 5.41) is 13.9. The number of sulfonamides is 1. The molecule has 0 atom stereocenters. The van der Waals surface area contributed by atoms with Crippen LogP contribution in [0.4, 0.5) is 21.5 Å². The molecule has 2 N–H and O–H groups in total. The van der Waals surface area contributed by atoms with Gasteiger partial charge in [-0.25, -0.2) is 12.8 Å². The van der Waals surface area contributed by atoms with Gasteiger partial charge in [0.1, 0.15) is 11.5 Å². The molecular formula is C17H20FN4O4S+. The third kappa shape index (κ3) is 4.24. The van der Waals surface area contributed by atoms with E-state index in [0.29, 0.717) is 18.8 Å². The van der Waals surface area contributed by atoms with Crippen LogP contribution in [0.15, 0.2) is 47.4 Å². The summed E-state index contributed by atoms with van der Waals surface area (Å²) in [6, 6.07) is 9.18. The lowest BCUT2D eigenvalue weighted by atomic mass is 10.2. The van der Waals surface area contributed by atoms with E-state index in [9.17, 15) is 22.9 Å². The van der Waals surface area contributed by atoms with Gasteiger partial charge in [-0.1, -0.05) is 0 Å². The van der Waals surface area contributed by atoms with Crippen LogP contribution in [0, 0.1) is 15.9 Å². The fourth-order valence-electron chi connectivity index (χ4n) is 2.88. The van der Waals surface area contributed by atoms with Crippen molar-refractivity contribution in [2.24, 2.45) is 0 Å². The molecule has 144 valence electrons. The van der Waals surface area contributed by atoms with Crippen LogP contribution in [0.3, 0.4) is 0 Å². The summed E-state index contributed by atoms with van der Waals surface area (Å²) in [7, 11) is -1.54. The Morgan fingerprint density at radius 3 is 2.37 bits per heavy atom. The van der Waals surface area contributed by atoms with Crippen LogP contribution < -0.4 is 10.2 Å². The van der Waals surface area contributed by atoms with Crippen molar-refractivity contribution in [1.82, 2.24) is 4.31 Å². The molecule has 0 unspecified atom stereocenters. The van der Waals surface area contributed by atoms with Gasteiger partial charge < -0.3 is 10.2 Å². The number of nitro benzene ring substituents is 1. The second kappa shape index (κ2) is 7.59. The molecule has 2 aromatic carbocycles. The second-order valence-electron chi connectivity index (χ2n) is 6.43. The highest BCUT2D eigenvalue weighted by Gasteiger charge is 2.29. The number of hydrogen-bond donors (Lipinski definition) is 2. The molecule has 2 aromatic rings. The lowest BCUT2D eigenvalue weighted by Crippen LogP contribution is -3.12. The van der Waals surface area contributed by atoms with Gasteiger partial charge in [0.25, 0.3) is 5.69 Å². The van der Waals surface area contributed by atoms with Crippen molar-refractivity contribution in [2.75, 3.05) is 38.5 Å². The molecule has 1 aliphatic heterocycles. The maximum atomic E-state index is 13.2. The number of halogens is 1. The molecule has 0 amide bonds. The van der Waals surface area contributed by atoms with E-state index in [4.69, 9.17) is 0 Å². The van der Waals surface area contributed by atoms with E-state index < -0.39 is 26.5 Å². The van der Waals surface area contributed by atoms with Gasteiger partial charge in [0.15, 0.2) is 0 Å². The molecule has 0 spiro atoms. The zero-order valence-electron chi connectivity index (χ0n) is 14.7. The van der Waals surface area contributed by atoms with Crippen molar-refractivity contribution in [1.29, 1.82) is 0 Å². The van der Waals surface area contributed by atoms with Crippen LogP contribution in [-0.2, 0) is 10.0 Å². The molecule has 0 bridgehead atoms. The standard InChI is InChI=1S/C17H19FN4O4S/c1-20-8-10-21(11-9-20)27(25,26)15-5-3-14(4-6-15)19-16-7-2-13(18)12-17(16)22(23)24/h2-7,12,19H,8-11H2,1H3/p+1. The lowest BCUT2D eigenvalue weighted by molar-refractivity contribution is -0.883. The Morgan fingerprint density at radius 1 is 1.15 bits per heavy atom. The minimum Gasteiger partial charge on any atom is -0.350 e. The van der Waals surface area contributed by atoms with Gasteiger partial charge in [-0.2, -0.15) is 4.31 Å². The molecule has 1 saturated heterocycles. The first-order valence-electron chi connectivity index (χ1n) is 8.40. The van der Waals surface area contributed by atoms with Crippen molar-refractivity contribution < 1.29 is 22.6 Å². The Balaban J connectivity index is 1.79. The van der Waals surface area contributed by atoms with E-state index in [1.54, 1.807) is 0 Å². The number of nitro groups is 1. The number of anilines is 2. The number of nitrogens with one attached hydrogen (secondary N) is 2. The molecule has 1 heterocycles. The van der Waals surface area contributed by atoms with E-state index in [0.717, 1.165) is 25.2 Å². The number of quaternary nitrogens is 1. The van der Waals surface area contributed by atoms with E-state index in [-0.39, 0.29) is 10.6 Å². The van der Waals surface area contributed by atoms with Crippen molar-refractivity contribution in [3.05, 3.63) is 58.4 Å². The molecule has 3 rings (SSSR count). The first-order chi connectivity index (χ1) is 12.8. The average molecular weight is 395 g/mol. The van der Waals surface area contributed by atoms with Gasteiger partial charge in [0, 0.05) is 5.69 Å². The summed E-state index contributed by atoms with van der Waals surface area (Å²) >= 11 is 0.